The van der Waals surface area contributed by atoms with Crippen LogP contribution in [0.3, 0.4) is 0 Å². The van der Waals surface area contributed by atoms with Crippen LogP contribution in [0.2, 0.25) is 0 Å². The Morgan fingerprint density at radius 2 is 0.779 bits per heavy atom. The number of hydrogen-bond donors (Lipinski definition) is 2. The van der Waals surface area contributed by atoms with Crippen LogP contribution in [0, 0.1) is 0 Å². The molecule has 0 spiro atoms. The van der Waals surface area contributed by atoms with Crippen molar-refractivity contribution >= 4 is 25.7 Å². The standard InChI is InChI=1S/C56H91O11P/c1-4-7-10-13-16-19-21-23-25-26-28-30-32-35-38-41-44-47-56(60)67-53(49-63-54(58)45-42-39-36-33-18-15-12-9-6-3)51-65-68(61,62)64-50-52(48-57)66-55(59)46-43-40-37-34-31-29-27-24-22-20-17-14-11-8-5-2/h7-8,10-11,16-17,19-20,23-25,27-28,30-31,34-35,38,52-53,57H,4-6,9,12-15,18,21-22,26,29,32-33,36-37,39-51H2,1-3H3,(H,61,62)/b10-7-,11-8-,19-16-,20-17-,25-23-,27-24-,30-28-,34-31-,38-35-. The molecule has 0 aliphatic carbocycles. The number of phosphoric ester groups is 1. The first-order chi connectivity index (χ1) is 33.2. The van der Waals surface area contributed by atoms with E-state index in [0.29, 0.717) is 25.7 Å². The molecular formula is C56H91O11P. The molecule has 11 nitrogen and oxygen atoms in total. The predicted molar refractivity (Wildman–Crippen MR) is 279 cm³/mol. The van der Waals surface area contributed by atoms with Gasteiger partial charge in [0.1, 0.15) is 12.7 Å². The lowest BCUT2D eigenvalue weighted by Gasteiger charge is -2.21. The minimum absolute atomic E-state index is 0.0818. The lowest BCUT2D eigenvalue weighted by atomic mass is 10.1. The summed E-state index contributed by atoms with van der Waals surface area (Å²) in [6, 6.07) is 0. The summed E-state index contributed by atoms with van der Waals surface area (Å²) in [5.41, 5.74) is 0. The topological polar surface area (TPSA) is 155 Å². The molecule has 0 saturated carbocycles. The van der Waals surface area contributed by atoms with E-state index in [0.717, 1.165) is 89.9 Å². The van der Waals surface area contributed by atoms with Crippen molar-refractivity contribution in [1.29, 1.82) is 0 Å². The van der Waals surface area contributed by atoms with Crippen molar-refractivity contribution in [3.63, 3.8) is 0 Å². The Morgan fingerprint density at radius 1 is 0.426 bits per heavy atom. The van der Waals surface area contributed by atoms with Crippen molar-refractivity contribution in [2.75, 3.05) is 26.4 Å². The average Bonchev–Trinajstić information content (AvgIpc) is 3.32. The summed E-state index contributed by atoms with van der Waals surface area (Å²) >= 11 is 0. The Morgan fingerprint density at radius 3 is 1.24 bits per heavy atom. The van der Waals surface area contributed by atoms with Gasteiger partial charge in [-0.25, -0.2) is 4.57 Å². The normalized spacial score (nSPS) is 14.4. The fraction of sp³-hybridized carbons (Fsp3) is 0.625. The van der Waals surface area contributed by atoms with E-state index in [4.69, 9.17) is 23.3 Å². The van der Waals surface area contributed by atoms with E-state index in [-0.39, 0.29) is 25.9 Å². The van der Waals surface area contributed by atoms with Crippen molar-refractivity contribution < 1.29 is 52.2 Å². The minimum atomic E-state index is -4.77. The molecule has 0 bridgehead atoms. The van der Waals surface area contributed by atoms with E-state index in [9.17, 15) is 28.9 Å². The molecule has 0 aromatic rings. The summed E-state index contributed by atoms with van der Waals surface area (Å²) in [5.74, 6) is -1.59. The van der Waals surface area contributed by atoms with Crippen LogP contribution >= 0.6 is 7.82 Å². The zero-order valence-electron chi connectivity index (χ0n) is 42.3. The third kappa shape index (κ3) is 47.2. The number of unbranched alkanes of at least 4 members (excludes halogenated alkanes) is 11. The third-order valence-corrected chi connectivity index (χ3v) is 11.1. The van der Waals surface area contributed by atoms with E-state index < -0.39 is 57.8 Å². The maximum absolute atomic E-state index is 12.8. The Hall–Kier alpha value is -3.86. The number of aliphatic hydroxyl groups excluding tert-OH is 1. The number of hydrogen-bond acceptors (Lipinski definition) is 10. The SMILES string of the molecule is CC/C=C\C/C=C\C/C=C\C/C=C\C/C=C\CCCC(=O)OC(COC(=O)CCCCCCCCCCC)COP(=O)(O)OCC(CO)OC(=O)CCCC/C=C\C/C=C\C/C=C\C/C=C\CC. The maximum atomic E-state index is 12.8. The predicted octanol–water partition coefficient (Wildman–Crippen LogP) is 14.7. The largest absolute Gasteiger partial charge is 0.472 e. The van der Waals surface area contributed by atoms with Gasteiger partial charge in [-0.15, -0.1) is 0 Å². The second-order valence-electron chi connectivity index (χ2n) is 16.6. The van der Waals surface area contributed by atoms with E-state index in [1.165, 1.54) is 32.1 Å². The molecule has 3 atom stereocenters. The van der Waals surface area contributed by atoms with Gasteiger partial charge in [-0.05, 0) is 96.3 Å². The number of allylic oxidation sites excluding steroid dienone is 18. The van der Waals surface area contributed by atoms with Crippen molar-refractivity contribution in [2.24, 2.45) is 0 Å². The van der Waals surface area contributed by atoms with Crippen LogP contribution in [-0.2, 0) is 42.2 Å². The Labute approximate surface area is 412 Å². The molecule has 0 rings (SSSR count). The minimum Gasteiger partial charge on any atom is -0.462 e. The van der Waals surface area contributed by atoms with E-state index in [1.54, 1.807) is 0 Å². The van der Waals surface area contributed by atoms with Gasteiger partial charge in [0.05, 0.1) is 19.8 Å². The Bertz CT molecular complexity index is 1550. The maximum Gasteiger partial charge on any atom is 0.472 e. The van der Waals surface area contributed by atoms with Crippen LogP contribution < -0.4 is 0 Å². The first kappa shape index (κ1) is 64.1. The quantitative estimate of drug-likeness (QED) is 0.0197. The number of esters is 3. The van der Waals surface area contributed by atoms with Gasteiger partial charge in [-0.3, -0.25) is 23.4 Å². The second kappa shape index (κ2) is 49.6. The van der Waals surface area contributed by atoms with Gasteiger partial charge in [-0.1, -0.05) is 182 Å². The summed E-state index contributed by atoms with van der Waals surface area (Å²) in [6.45, 7) is 4.24. The molecular weight excluding hydrogens is 880 g/mol. The highest BCUT2D eigenvalue weighted by Crippen LogP contribution is 2.43. The number of carbonyl (C=O) groups is 3. The molecule has 0 aromatic heterocycles. The average molecular weight is 971 g/mol. The van der Waals surface area contributed by atoms with Gasteiger partial charge in [0.25, 0.3) is 0 Å². The van der Waals surface area contributed by atoms with Gasteiger partial charge in [-0.2, -0.15) is 0 Å². The van der Waals surface area contributed by atoms with Crippen LogP contribution in [0.25, 0.3) is 0 Å². The van der Waals surface area contributed by atoms with Crippen LogP contribution in [0.5, 0.6) is 0 Å². The highest BCUT2D eigenvalue weighted by atomic mass is 31.2. The van der Waals surface area contributed by atoms with Crippen LogP contribution in [0.15, 0.2) is 109 Å². The molecule has 0 fully saturated rings. The van der Waals surface area contributed by atoms with Crippen LogP contribution in [0.4, 0.5) is 0 Å². The zero-order valence-corrected chi connectivity index (χ0v) is 43.2. The van der Waals surface area contributed by atoms with E-state index >= 15 is 0 Å². The van der Waals surface area contributed by atoms with Crippen molar-refractivity contribution in [3.8, 4) is 0 Å². The number of rotatable bonds is 46. The molecule has 68 heavy (non-hydrogen) atoms. The fourth-order valence-electron chi connectivity index (χ4n) is 6.32. The number of carbonyl (C=O) groups excluding carboxylic acids is 3. The molecule has 0 heterocycles. The smallest absolute Gasteiger partial charge is 0.462 e. The lowest BCUT2D eigenvalue weighted by molar-refractivity contribution is -0.161. The lowest BCUT2D eigenvalue weighted by Crippen LogP contribution is -2.30. The molecule has 0 radical (unpaired) electrons. The van der Waals surface area contributed by atoms with Gasteiger partial charge < -0.3 is 24.2 Å². The molecule has 0 aliphatic rings. The molecule has 386 valence electrons. The summed E-state index contributed by atoms with van der Waals surface area (Å²) in [4.78, 5) is 48.2. The van der Waals surface area contributed by atoms with Crippen LogP contribution in [-0.4, -0.2) is 66.5 Å². The highest BCUT2D eigenvalue weighted by Gasteiger charge is 2.28. The first-order valence-electron chi connectivity index (χ1n) is 25.8. The van der Waals surface area contributed by atoms with Crippen molar-refractivity contribution in [3.05, 3.63) is 109 Å². The Balaban J connectivity index is 4.84. The van der Waals surface area contributed by atoms with Crippen LogP contribution in [0.1, 0.15) is 188 Å². The molecule has 0 aromatic carbocycles. The number of phosphoric acid groups is 1. The summed E-state index contributed by atoms with van der Waals surface area (Å²) in [6.07, 6.45) is 57.9. The van der Waals surface area contributed by atoms with Crippen molar-refractivity contribution in [1.82, 2.24) is 0 Å². The number of aliphatic hydroxyl groups is 1. The van der Waals surface area contributed by atoms with Gasteiger partial charge in [0.15, 0.2) is 6.10 Å². The zero-order chi connectivity index (χ0) is 49.9. The summed E-state index contributed by atoms with van der Waals surface area (Å²) in [7, 11) is -4.77. The molecule has 2 N–H and O–H groups in total. The first-order valence-corrected chi connectivity index (χ1v) is 27.3. The second-order valence-corrected chi connectivity index (χ2v) is 18.0. The highest BCUT2D eigenvalue weighted by molar-refractivity contribution is 7.47. The summed E-state index contributed by atoms with van der Waals surface area (Å²) in [5, 5.41) is 9.77. The molecule has 12 heteroatoms. The van der Waals surface area contributed by atoms with Gasteiger partial charge >= 0.3 is 25.7 Å². The van der Waals surface area contributed by atoms with Gasteiger partial charge in [0.2, 0.25) is 0 Å². The van der Waals surface area contributed by atoms with E-state index in [1.807, 2.05) is 12.2 Å². The van der Waals surface area contributed by atoms with E-state index in [2.05, 4.69) is 118 Å². The molecule has 0 aliphatic heterocycles. The Kier molecular flexibility index (Phi) is 46.7. The molecule has 3 unspecified atom stereocenters. The molecule has 0 amide bonds. The summed E-state index contributed by atoms with van der Waals surface area (Å²) < 4.78 is 39.2. The number of ether oxygens (including phenoxy) is 3. The third-order valence-electron chi connectivity index (χ3n) is 10.2. The monoisotopic (exact) mass is 971 g/mol. The molecule has 0 saturated heterocycles. The van der Waals surface area contributed by atoms with Crippen molar-refractivity contribution in [2.45, 2.75) is 200 Å². The fourth-order valence-corrected chi connectivity index (χ4v) is 7.11. The van der Waals surface area contributed by atoms with Gasteiger partial charge in [0, 0.05) is 19.3 Å².